The molecule has 0 bridgehead atoms. The Balaban J connectivity index is 1.29. The predicted octanol–water partition coefficient (Wildman–Crippen LogP) is 11.0. The van der Waals surface area contributed by atoms with E-state index in [-0.39, 0.29) is 0 Å². The van der Waals surface area contributed by atoms with Crippen LogP contribution in [0.4, 0.5) is 0 Å². The first-order valence-corrected chi connectivity index (χ1v) is 15.0. The minimum atomic E-state index is 0.790. The quantitative estimate of drug-likeness (QED) is 0.233. The van der Waals surface area contributed by atoms with Crippen LogP contribution in [0.5, 0.6) is 0 Å². The second-order valence-electron chi connectivity index (χ2n) is 10.1. The Kier molecular flexibility index (Phi) is 9.29. The second kappa shape index (κ2) is 12.4. The van der Waals surface area contributed by atoms with E-state index in [0.717, 1.165) is 11.8 Å². The molecule has 2 heteroatoms. The molecule has 0 aliphatic heterocycles. The fraction of sp³-hybridized carbons (Fsp3) is 0.600. The Morgan fingerprint density at radius 3 is 2.12 bits per heavy atom. The van der Waals surface area contributed by atoms with Gasteiger partial charge in [0.15, 0.2) is 0 Å². The van der Waals surface area contributed by atoms with Crippen molar-refractivity contribution in [1.29, 1.82) is 0 Å². The molecule has 0 radical (unpaired) electrons. The Bertz CT molecular complexity index is 890. The summed E-state index contributed by atoms with van der Waals surface area (Å²) in [5.41, 5.74) is 2.97. The lowest BCUT2D eigenvalue weighted by Crippen LogP contribution is -2.13. The molecule has 3 aromatic rings. The SMILES string of the molecule is CCCCCCCc1cc2sc(-c3ccc(C4CCC(CCCCC)CC4)cc3)cc2s1. The number of hydrogen-bond donors (Lipinski definition) is 0. The summed E-state index contributed by atoms with van der Waals surface area (Å²) in [5.74, 6) is 1.79. The highest BCUT2D eigenvalue weighted by atomic mass is 32.1. The molecule has 4 rings (SSSR count). The Labute approximate surface area is 204 Å². The van der Waals surface area contributed by atoms with Crippen molar-refractivity contribution >= 4 is 32.1 Å². The maximum atomic E-state index is 2.46. The lowest BCUT2D eigenvalue weighted by molar-refractivity contribution is 0.303. The van der Waals surface area contributed by atoms with Gasteiger partial charge in [0.1, 0.15) is 0 Å². The molecule has 174 valence electrons. The average Bonchev–Trinajstić information content (AvgIpc) is 3.39. The minimum Gasteiger partial charge on any atom is -0.139 e. The third kappa shape index (κ3) is 6.48. The summed E-state index contributed by atoms with van der Waals surface area (Å²) in [5, 5.41) is 0. The van der Waals surface area contributed by atoms with Gasteiger partial charge in [-0.15, -0.1) is 22.7 Å². The Morgan fingerprint density at radius 2 is 1.41 bits per heavy atom. The van der Waals surface area contributed by atoms with E-state index in [1.54, 1.807) is 10.4 Å². The molecule has 32 heavy (non-hydrogen) atoms. The van der Waals surface area contributed by atoms with Crippen LogP contribution in [-0.4, -0.2) is 0 Å². The minimum absolute atomic E-state index is 0.790. The monoisotopic (exact) mass is 466 g/mol. The van der Waals surface area contributed by atoms with Crippen LogP contribution in [0.3, 0.4) is 0 Å². The molecule has 0 saturated heterocycles. The van der Waals surface area contributed by atoms with E-state index in [4.69, 9.17) is 0 Å². The highest BCUT2D eigenvalue weighted by Crippen LogP contribution is 2.41. The summed E-state index contributed by atoms with van der Waals surface area (Å²) in [6.45, 7) is 4.60. The summed E-state index contributed by atoms with van der Waals surface area (Å²) in [6, 6.07) is 14.5. The summed E-state index contributed by atoms with van der Waals surface area (Å²) >= 11 is 4.00. The van der Waals surface area contributed by atoms with Gasteiger partial charge in [0, 0.05) is 19.2 Å². The summed E-state index contributed by atoms with van der Waals surface area (Å²) < 4.78 is 2.97. The summed E-state index contributed by atoms with van der Waals surface area (Å²) in [4.78, 5) is 3.02. The van der Waals surface area contributed by atoms with Crippen LogP contribution in [0.1, 0.15) is 114 Å². The second-order valence-corrected chi connectivity index (χ2v) is 12.3. The number of thiophene rings is 2. The fourth-order valence-corrected chi connectivity index (χ4v) is 7.91. The van der Waals surface area contributed by atoms with Gasteiger partial charge >= 0.3 is 0 Å². The molecule has 1 fully saturated rings. The first-order chi connectivity index (χ1) is 15.8. The molecule has 0 amide bonds. The van der Waals surface area contributed by atoms with Crippen molar-refractivity contribution in [3.8, 4) is 10.4 Å². The highest BCUT2D eigenvalue weighted by molar-refractivity contribution is 7.29. The van der Waals surface area contributed by atoms with E-state index >= 15 is 0 Å². The van der Waals surface area contributed by atoms with Crippen molar-refractivity contribution in [3.05, 3.63) is 46.8 Å². The normalized spacial score (nSPS) is 19.1. The number of aryl methyl sites for hydroxylation is 1. The number of rotatable bonds is 12. The van der Waals surface area contributed by atoms with Crippen molar-refractivity contribution in [1.82, 2.24) is 0 Å². The van der Waals surface area contributed by atoms with Gasteiger partial charge in [-0.05, 0) is 73.6 Å². The molecule has 2 heterocycles. The van der Waals surface area contributed by atoms with Crippen LogP contribution in [0.15, 0.2) is 36.4 Å². The van der Waals surface area contributed by atoms with E-state index < -0.39 is 0 Å². The van der Waals surface area contributed by atoms with Crippen LogP contribution in [0.25, 0.3) is 19.8 Å². The van der Waals surface area contributed by atoms with Crippen LogP contribution in [0.2, 0.25) is 0 Å². The van der Waals surface area contributed by atoms with Crippen LogP contribution >= 0.6 is 22.7 Å². The average molecular weight is 467 g/mol. The molecule has 0 nitrogen and oxygen atoms in total. The molecule has 0 N–H and O–H groups in total. The maximum absolute atomic E-state index is 2.46. The van der Waals surface area contributed by atoms with Crippen molar-refractivity contribution < 1.29 is 0 Å². The molecule has 0 spiro atoms. The van der Waals surface area contributed by atoms with Crippen molar-refractivity contribution in [2.75, 3.05) is 0 Å². The first-order valence-electron chi connectivity index (χ1n) is 13.4. The number of fused-ring (bicyclic) bond motifs is 1. The molecule has 1 saturated carbocycles. The molecule has 0 unspecified atom stereocenters. The molecular weight excluding hydrogens is 424 g/mol. The zero-order valence-electron chi connectivity index (χ0n) is 20.3. The number of benzene rings is 1. The summed E-state index contributed by atoms with van der Waals surface area (Å²) in [7, 11) is 0. The molecule has 1 aliphatic rings. The van der Waals surface area contributed by atoms with Crippen molar-refractivity contribution in [2.24, 2.45) is 5.92 Å². The first kappa shape index (κ1) is 24.0. The highest BCUT2D eigenvalue weighted by Gasteiger charge is 2.22. The Hall–Kier alpha value is -1.12. The van der Waals surface area contributed by atoms with E-state index in [2.05, 4.69) is 50.2 Å². The van der Waals surface area contributed by atoms with E-state index in [9.17, 15) is 0 Å². The molecule has 2 aromatic heterocycles. The van der Waals surface area contributed by atoms with Gasteiger partial charge in [-0.3, -0.25) is 0 Å². The lowest BCUT2D eigenvalue weighted by Gasteiger charge is -2.29. The zero-order chi connectivity index (χ0) is 22.2. The fourth-order valence-electron chi connectivity index (χ4n) is 5.44. The number of unbranched alkanes of at least 4 members (excludes halogenated alkanes) is 6. The summed E-state index contributed by atoms with van der Waals surface area (Å²) in [6.07, 6.45) is 19.5. The topological polar surface area (TPSA) is 0 Å². The molecular formula is C30H42S2. The number of hydrogen-bond acceptors (Lipinski definition) is 2. The van der Waals surface area contributed by atoms with Gasteiger partial charge < -0.3 is 0 Å². The van der Waals surface area contributed by atoms with E-state index in [0.29, 0.717) is 0 Å². The van der Waals surface area contributed by atoms with Crippen LogP contribution < -0.4 is 0 Å². The van der Waals surface area contributed by atoms with Gasteiger partial charge in [-0.1, -0.05) is 89.5 Å². The van der Waals surface area contributed by atoms with Gasteiger partial charge in [-0.2, -0.15) is 0 Å². The largest absolute Gasteiger partial charge is 0.139 e. The zero-order valence-corrected chi connectivity index (χ0v) is 22.0. The molecule has 1 aromatic carbocycles. The van der Waals surface area contributed by atoms with Crippen LogP contribution in [0, 0.1) is 5.92 Å². The van der Waals surface area contributed by atoms with Gasteiger partial charge in [0.05, 0.1) is 0 Å². The predicted molar refractivity (Wildman–Crippen MR) is 146 cm³/mol. The molecule has 0 atom stereocenters. The third-order valence-corrected chi connectivity index (χ3v) is 9.92. The van der Waals surface area contributed by atoms with Gasteiger partial charge in [0.2, 0.25) is 0 Å². The maximum Gasteiger partial charge on any atom is 0.0460 e. The lowest BCUT2D eigenvalue weighted by atomic mass is 9.77. The van der Waals surface area contributed by atoms with Crippen molar-refractivity contribution in [2.45, 2.75) is 110 Å². The third-order valence-electron chi connectivity index (χ3n) is 7.51. The van der Waals surface area contributed by atoms with Crippen LogP contribution in [-0.2, 0) is 6.42 Å². The van der Waals surface area contributed by atoms with Crippen molar-refractivity contribution in [3.63, 3.8) is 0 Å². The van der Waals surface area contributed by atoms with Gasteiger partial charge in [-0.25, -0.2) is 0 Å². The Morgan fingerprint density at radius 1 is 0.719 bits per heavy atom. The standard InChI is InChI=1S/C30H42S2/c1-3-5-7-8-10-12-27-21-29-30(31-27)22-28(32-29)26-19-17-25(18-20-26)24-15-13-23(14-16-24)11-9-6-4-2/h17-24H,3-16H2,1-2H3. The smallest absolute Gasteiger partial charge is 0.0460 e. The molecule has 1 aliphatic carbocycles. The van der Waals surface area contributed by atoms with E-state index in [1.165, 1.54) is 110 Å². The van der Waals surface area contributed by atoms with E-state index in [1.807, 2.05) is 22.7 Å². The van der Waals surface area contributed by atoms with Gasteiger partial charge in [0.25, 0.3) is 0 Å².